The maximum absolute atomic E-state index is 12.8. The summed E-state index contributed by atoms with van der Waals surface area (Å²) in [6, 6.07) is -0.864. The summed E-state index contributed by atoms with van der Waals surface area (Å²) in [6.07, 6.45) is 40.7. The Kier molecular flexibility index (Phi) is 33.6. The van der Waals surface area contributed by atoms with Crippen LogP contribution in [0.25, 0.3) is 0 Å². The van der Waals surface area contributed by atoms with E-state index in [1.54, 1.807) is 6.08 Å². The third-order valence-corrected chi connectivity index (χ3v) is 10.1. The highest BCUT2D eigenvalue weighted by Gasteiger charge is 2.27. The summed E-state index contributed by atoms with van der Waals surface area (Å²) in [5.41, 5.74) is 0. The molecule has 0 aromatic carbocycles. The second-order valence-corrected chi connectivity index (χ2v) is 16.8. The standard InChI is InChI=1S/C42H81N2O6P/c1-6-8-10-12-14-16-18-20-21-22-24-25-27-29-31-33-35-41(45)40(39-50-51(47,48)49-38-37-44(3,4)5)43-42(46)36-34-32-30-28-26-23-19-17-15-13-11-9-7-2/h17,19,25,27,33,35,40-41,45H,6-16,18,20-24,26,28-32,34,36-39H2,1-5H3,(H-,43,46,47,48)/p+1/b19-17+,27-25+,35-33+/t40-,41+/m0/s1. The van der Waals surface area contributed by atoms with Gasteiger partial charge in [0.25, 0.3) is 0 Å². The molecule has 1 unspecified atom stereocenters. The fourth-order valence-electron chi connectivity index (χ4n) is 5.70. The Morgan fingerprint density at radius 3 is 1.59 bits per heavy atom. The Labute approximate surface area is 315 Å². The number of nitrogens with zero attached hydrogens (tertiary/aromatic N) is 1. The Hall–Kier alpha value is -1.28. The summed E-state index contributed by atoms with van der Waals surface area (Å²) in [5.74, 6) is -0.198. The minimum atomic E-state index is -4.34. The molecule has 3 N–H and O–H groups in total. The Balaban J connectivity index is 4.55. The van der Waals surface area contributed by atoms with E-state index < -0.39 is 20.0 Å². The Bertz CT molecular complexity index is 933. The van der Waals surface area contributed by atoms with E-state index in [1.165, 1.54) is 103 Å². The molecule has 0 heterocycles. The van der Waals surface area contributed by atoms with Crippen molar-refractivity contribution in [3.05, 3.63) is 36.5 Å². The van der Waals surface area contributed by atoms with Gasteiger partial charge in [0.1, 0.15) is 13.2 Å². The molecule has 0 aliphatic heterocycles. The maximum atomic E-state index is 12.8. The van der Waals surface area contributed by atoms with Gasteiger partial charge in [-0.05, 0) is 57.8 Å². The predicted octanol–water partition coefficient (Wildman–Crippen LogP) is 11.1. The minimum absolute atomic E-state index is 0.0544. The monoisotopic (exact) mass is 742 g/mol. The van der Waals surface area contributed by atoms with Crippen LogP contribution in [0.2, 0.25) is 0 Å². The zero-order valence-corrected chi connectivity index (χ0v) is 34.7. The van der Waals surface area contributed by atoms with Crippen molar-refractivity contribution >= 4 is 13.7 Å². The van der Waals surface area contributed by atoms with Crippen LogP contribution in [0.4, 0.5) is 0 Å². The number of likely N-dealkylation sites (N-methyl/N-ethyl adjacent to an activating group) is 1. The van der Waals surface area contributed by atoms with Gasteiger partial charge in [-0.2, -0.15) is 0 Å². The molecule has 8 nitrogen and oxygen atoms in total. The summed E-state index contributed by atoms with van der Waals surface area (Å²) in [4.78, 5) is 23.0. The van der Waals surface area contributed by atoms with Crippen LogP contribution in [0.5, 0.6) is 0 Å². The number of carbonyl (C=O) groups excluding carboxylic acids is 1. The summed E-state index contributed by atoms with van der Waals surface area (Å²) < 4.78 is 23.5. The van der Waals surface area contributed by atoms with Crippen LogP contribution >= 0.6 is 7.82 Å². The molecule has 0 spiro atoms. The van der Waals surface area contributed by atoms with Gasteiger partial charge >= 0.3 is 7.82 Å². The minimum Gasteiger partial charge on any atom is -0.387 e. The largest absolute Gasteiger partial charge is 0.472 e. The van der Waals surface area contributed by atoms with Gasteiger partial charge in [-0.15, -0.1) is 0 Å². The number of aliphatic hydroxyl groups is 1. The third-order valence-electron chi connectivity index (χ3n) is 9.08. The number of hydrogen-bond donors (Lipinski definition) is 3. The molecule has 0 aliphatic rings. The quantitative estimate of drug-likeness (QED) is 0.0253. The van der Waals surface area contributed by atoms with Gasteiger partial charge in [0.05, 0.1) is 39.9 Å². The number of quaternary nitrogens is 1. The van der Waals surface area contributed by atoms with E-state index in [4.69, 9.17) is 9.05 Å². The van der Waals surface area contributed by atoms with Gasteiger partial charge in [-0.3, -0.25) is 13.8 Å². The lowest BCUT2D eigenvalue weighted by atomic mass is 10.1. The molecular weight excluding hydrogens is 659 g/mol. The number of allylic oxidation sites excluding steroid dienone is 5. The molecule has 0 radical (unpaired) electrons. The fraction of sp³-hybridized carbons (Fsp3) is 0.833. The molecule has 0 aliphatic carbocycles. The number of carbonyl (C=O) groups is 1. The van der Waals surface area contributed by atoms with Crippen molar-refractivity contribution in [1.82, 2.24) is 5.32 Å². The van der Waals surface area contributed by atoms with Crippen molar-refractivity contribution in [1.29, 1.82) is 0 Å². The summed E-state index contributed by atoms with van der Waals surface area (Å²) in [6.45, 7) is 4.75. The van der Waals surface area contributed by atoms with Crippen LogP contribution in [0, 0.1) is 0 Å². The van der Waals surface area contributed by atoms with Crippen LogP contribution in [-0.2, 0) is 18.4 Å². The van der Waals surface area contributed by atoms with Crippen LogP contribution in [-0.4, -0.2) is 73.4 Å². The first-order chi connectivity index (χ1) is 24.5. The number of unbranched alkanes of at least 4 members (excludes halogenated alkanes) is 20. The third kappa shape index (κ3) is 36.9. The highest BCUT2D eigenvalue weighted by Crippen LogP contribution is 2.43. The zero-order chi connectivity index (χ0) is 37.9. The zero-order valence-electron chi connectivity index (χ0n) is 33.8. The molecule has 0 rings (SSSR count). The number of nitrogens with one attached hydrogen (secondary N) is 1. The first-order valence-corrected chi connectivity index (χ1v) is 22.4. The lowest BCUT2D eigenvalue weighted by molar-refractivity contribution is -0.870. The average molecular weight is 742 g/mol. The van der Waals surface area contributed by atoms with Crippen molar-refractivity contribution in [2.24, 2.45) is 0 Å². The second-order valence-electron chi connectivity index (χ2n) is 15.4. The smallest absolute Gasteiger partial charge is 0.387 e. The number of amides is 1. The van der Waals surface area contributed by atoms with E-state index in [9.17, 15) is 19.4 Å². The first kappa shape index (κ1) is 49.7. The molecule has 0 aromatic heterocycles. The van der Waals surface area contributed by atoms with Gasteiger partial charge in [0.2, 0.25) is 5.91 Å². The second kappa shape index (κ2) is 34.5. The molecule has 3 atom stereocenters. The van der Waals surface area contributed by atoms with Gasteiger partial charge in [-0.25, -0.2) is 4.57 Å². The number of phosphoric ester groups is 1. The van der Waals surface area contributed by atoms with Gasteiger partial charge in [0, 0.05) is 6.42 Å². The van der Waals surface area contributed by atoms with Crippen molar-refractivity contribution in [2.45, 2.75) is 187 Å². The average Bonchev–Trinajstić information content (AvgIpc) is 3.07. The van der Waals surface area contributed by atoms with E-state index in [0.717, 1.165) is 51.4 Å². The molecule has 0 saturated heterocycles. The molecule has 0 fully saturated rings. The number of aliphatic hydroxyl groups excluding tert-OH is 1. The number of hydrogen-bond acceptors (Lipinski definition) is 5. The summed E-state index contributed by atoms with van der Waals surface area (Å²) in [7, 11) is 1.55. The molecule has 0 aromatic rings. The van der Waals surface area contributed by atoms with E-state index in [2.05, 4.69) is 43.5 Å². The molecule has 0 bridgehead atoms. The number of phosphoric acid groups is 1. The number of rotatable bonds is 37. The first-order valence-electron chi connectivity index (χ1n) is 20.9. The summed E-state index contributed by atoms with van der Waals surface area (Å²) >= 11 is 0. The lowest BCUT2D eigenvalue weighted by Gasteiger charge is -2.25. The van der Waals surface area contributed by atoms with Crippen LogP contribution < -0.4 is 5.32 Å². The van der Waals surface area contributed by atoms with E-state index >= 15 is 0 Å². The molecule has 300 valence electrons. The van der Waals surface area contributed by atoms with Crippen molar-refractivity contribution in [2.75, 3.05) is 40.9 Å². The normalized spacial score (nSPS) is 14.9. The van der Waals surface area contributed by atoms with Crippen LogP contribution in [0.3, 0.4) is 0 Å². The summed E-state index contributed by atoms with van der Waals surface area (Å²) in [5, 5.41) is 13.8. The topological polar surface area (TPSA) is 105 Å². The Morgan fingerprint density at radius 2 is 1.08 bits per heavy atom. The van der Waals surface area contributed by atoms with Crippen molar-refractivity contribution in [3.63, 3.8) is 0 Å². The predicted molar refractivity (Wildman–Crippen MR) is 217 cm³/mol. The molecule has 0 saturated carbocycles. The van der Waals surface area contributed by atoms with E-state index in [0.29, 0.717) is 17.4 Å². The van der Waals surface area contributed by atoms with Crippen LogP contribution in [0.1, 0.15) is 174 Å². The Morgan fingerprint density at radius 1 is 0.647 bits per heavy atom. The highest BCUT2D eigenvalue weighted by atomic mass is 31.2. The molecule has 51 heavy (non-hydrogen) atoms. The van der Waals surface area contributed by atoms with E-state index in [1.807, 2.05) is 27.2 Å². The molecular formula is C42H82N2O6P+. The van der Waals surface area contributed by atoms with Gasteiger partial charge in [-0.1, -0.05) is 147 Å². The molecule has 9 heteroatoms. The highest BCUT2D eigenvalue weighted by molar-refractivity contribution is 7.47. The SMILES string of the molecule is CCCCCC/C=C/CCCCCCCC(=O)N[C@@H](COP(=O)(O)OCC[N+](C)(C)C)[C@H](O)/C=C/CC/C=C/CCCCCCCCCCCC. The van der Waals surface area contributed by atoms with Crippen molar-refractivity contribution < 1.29 is 32.9 Å². The molecule has 1 amide bonds. The van der Waals surface area contributed by atoms with E-state index in [-0.39, 0.29) is 19.1 Å². The van der Waals surface area contributed by atoms with Gasteiger partial charge < -0.3 is 19.8 Å². The lowest BCUT2D eigenvalue weighted by Crippen LogP contribution is -2.45. The maximum Gasteiger partial charge on any atom is 0.472 e. The fourth-order valence-corrected chi connectivity index (χ4v) is 6.43. The van der Waals surface area contributed by atoms with Crippen LogP contribution in [0.15, 0.2) is 36.5 Å². The van der Waals surface area contributed by atoms with Gasteiger partial charge in [0.15, 0.2) is 0 Å². The van der Waals surface area contributed by atoms with Crippen molar-refractivity contribution in [3.8, 4) is 0 Å².